The molecule has 0 amide bonds. The normalized spacial score (nSPS) is 16.4. The average Bonchev–Trinajstić information content (AvgIpc) is 2.36. The molecule has 112 valence electrons. The minimum atomic E-state index is -5.05. The van der Waals surface area contributed by atoms with Crippen molar-refractivity contribution in [2.75, 3.05) is 0 Å². The number of aliphatic carboxylic acids is 1. The molecule has 2 unspecified atom stereocenters. The fraction of sp³-hybridized carbons (Fsp3) is 0.267. The van der Waals surface area contributed by atoms with Gasteiger partial charge in [-0.15, -0.1) is 0 Å². The second-order valence-corrected chi connectivity index (χ2v) is 5.02. The van der Waals surface area contributed by atoms with Gasteiger partial charge in [-0.2, -0.15) is 13.2 Å². The van der Waals surface area contributed by atoms with Crippen LogP contribution in [0.4, 0.5) is 13.2 Å². The summed E-state index contributed by atoms with van der Waals surface area (Å²) in [6.07, 6.45) is -5.05. The quantitative estimate of drug-likeness (QED) is 0.914. The van der Waals surface area contributed by atoms with E-state index >= 15 is 0 Å². The molecule has 0 bridgehead atoms. The van der Waals surface area contributed by atoms with Crippen molar-refractivity contribution in [3.63, 3.8) is 0 Å². The number of benzene rings is 2. The van der Waals surface area contributed by atoms with Crippen LogP contribution in [0.15, 0.2) is 42.5 Å². The molecule has 2 atom stereocenters. The van der Waals surface area contributed by atoms with Crippen molar-refractivity contribution in [3.05, 3.63) is 48.0 Å². The molecule has 0 saturated heterocycles. The summed E-state index contributed by atoms with van der Waals surface area (Å²) < 4.78 is 38.8. The summed E-state index contributed by atoms with van der Waals surface area (Å²) in [6, 6.07) is 11.1. The molecule has 21 heavy (non-hydrogen) atoms. The highest BCUT2D eigenvalue weighted by atomic mass is 19.4. The van der Waals surface area contributed by atoms with Gasteiger partial charge in [-0.3, -0.25) is 4.79 Å². The van der Waals surface area contributed by atoms with Crippen molar-refractivity contribution in [1.29, 1.82) is 0 Å². The molecule has 2 aromatic rings. The van der Waals surface area contributed by atoms with Gasteiger partial charge >= 0.3 is 12.1 Å². The second-order valence-electron chi connectivity index (χ2n) is 5.02. The van der Waals surface area contributed by atoms with E-state index in [2.05, 4.69) is 0 Å². The number of fused-ring (bicyclic) bond motifs is 1. The lowest BCUT2D eigenvalue weighted by Gasteiger charge is -2.32. The molecule has 0 saturated carbocycles. The van der Waals surface area contributed by atoms with E-state index in [1.54, 1.807) is 24.3 Å². The maximum atomic E-state index is 12.9. The molecule has 6 heteroatoms. The van der Waals surface area contributed by atoms with Gasteiger partial charge in [0.05, 0.1) is 0 Å². The zero-order chi connectivity index (χ0) is 15.8. The lowest BCUT2D eigenvalue weighted by Crippen LogP contribution is -2.50. The first-order valence-corrected chi connectivity index (χ1v) is 6.15. The molecule has 0 heterocycles. The van der Waals surface area contributed by atoms with Gasteiger partial charge in [0, 0.05) is 0 Å². The standard InChI is InChI=1S/C15H13F3O3/c1-14(21,15(16,17)18)12(13(19)20)11-7-6-9-4-2-3-5-10(9)8-11/h2-8,12,21H,1H3,(H,19,20). The van der Waals surface area contributed by atoms with E-state index < -0.39 is 23.7 Å². The molecule has 2 aromatic carbocycles. The number of aliphatic hydroxyl groups is 1. The number of carboxylic acid groups (broad SMARTS) is 1. The summed E-state index contributed by atoms with van der Waals surface area (Å²) in [6.45, 7) is 0.473. The monoisotopic (exact) mass is 298 g/mol. The number of carboxylic acids is 1. The maximum absolute atomic E-state index is 12.9. The van der Waals surface area contributed by atoms with Crippen LogP contribution in [0.2, 0.25) is 0 Å². The minimum absolute atomic E-state index is 0.0940. The third kappa shape index (κ3) is 2.71. The van der Waals surface area contributed by atoms with Crippen molar-refractivity contribution in [1.82, 2.24) is 0 Å². The predicted molar refractivity (Wildman–Crippen MR) is 71.0 cm³/mol. The topological polar surface area (TPSA) is 57.5 Å². The molecular weight excluding hydrogens is 285 g/mol. The van der Waals surface area contributed by atoms with E-state index in [-0.39, 0.29) is 5.56 Å². The van der Waals surface area contributed by atoms with Crippen molar-refractivity contribution >= 4 is 16.7 Å². The Morgan fingerprint density at radius 3 is 2.19 bits per heavy atom. The first kappa shape index (κ1) is 15.3. The molecule has 0 fully saturated rings. The van der Waals surface area contributed by atoms with E-state index in [9.17, 15) is 23.1 Å². The van der Waals surface area contributed by atoms with Crippen LogP contribution in [-0.4, -0.2) is 28.0 Å². The Labute approximate surface area is 118 Å². The molecule has 2 rings (SSSR count). The van der Waals surface area contributed by atoms with Crippen molar-refractivity contribution < 1.29 is 28.2 Å². The van der Waals surface area contributed by atoms with Crippen LogP contribution in [0.5, 0.6) is 0 Å². The van der Waals surface area contributed by atoms with Gasteiger partial charge in [-0.25, -0.2) is 0 Å². The number of alkyl halides is 3. The van der Waals surface area contributed by atoms with Crippen molar-refractivity contribution in [3.8, 4) is 0 Å². The van der Waals surface area contributed by atoms with E-state index in [0.717, 1.165) is 5.39 Å². The molecule has 2 N–H and O–H groups in total. The van der Waals surface area contributed by atoms with Gasteiger partial charge in [-0.05, 0) is 23.3 Å². The summed E-state index contributed by atoms with van der Waals surface area (Å²) in [5.41, 5.74) is -3.45. The van der Waals surface area contributed by atoms with E-state index in [0.29, 0.717) is 12.3 Å². The number of rotatable bonds is 3. The van der Waals surface area contributed by atoms with Crippen molar-refractivity contribution in [2.45, 2.75) is 24.6 Å². The van der Waals surface area contributed by atoms with Gasteiger partial charge in [0.1, 0.15) is 5.92 Å². The van der Waals surface area contributed by atoms with Crippen LogP contribution >= 0.6 is 0 Å². The molecule has 0 aliphatic heterocycles. The largest absolute Gasteiger partial charge is 0.481 e. The highest BCUT2D eigenvalue weighted by molar-refractivity contribution is 5.86. The Morgan fingerprint density at radius 2 is 1.67 bits per heavy atom. The van der Waals surface area contributed by atoms with Crippen molar-refractivity contribution in [2.24, 2.45) is 0 Å². The summed E-state index contributed by atoms with van der Waals surface area (Å²) >= 11 is 0. The lowest BCUT2D eigenvalue weighted by molar-refractivity contribution is -0.261. The van der Waals surface area contributed by atoms with Gasteiger partial charge in [-0.1, -0.05) is 42.5 Å². The Balaban J connectivity index is 2.58. The molecule has 0 aliphatic rings. The van der Waals surface area contributed by atoms with Crippen LogP contribution in [0, 0.1) is 0 Å². The number of carbonyl (C=O) groups is 1. The molecule has 3 nitrogen and oxygen atoms in total. The third-order valence-corrected chi connectivity index (χ3v) is 3.49. The van der Waals surface area contributed by atoms with Crippen LogP contribution in [-0.2, 0) is 4.79 Å². The fourth-order valence-corrected chi connectivity index (χ4v) is 2.26. The first-order valence-electron chi connectivity index (χ1n) is 6.15. The Bertz CT molecular complexity index is 677. The van der Waals surface area contributed by atoms with Crippen LogP contribution < -0.4 is 0 Å². The number of hydrogen-bond donors (Lipinski definition) is 2. The highest BCUT2D eigenvalue weighted by Crippen LogP contribution is 2.41. The third-order valence-electron chi connectivity index (χ3n) is 3.49. The molecule has 0 spiro atoms. The minimum Gasteiger partial charge on any atom is -0.481 e. The molecular formula is C15H13F3O3. The Morgan fingerprint density at radius 1 is 1.10 bits per heavy atom. The fourth-order valence-electron chi connectivity index (χ4n) is 2.26. The summed E-state index contributed by atoms with van der Waals surface area (Å²) in [5.74, 6) is -3.82. The maximum Gasteiger partial charge on any atom is 0.418 e. The highest BCUT2D eigenvalue weighted by Gasteiger charge is 2.58. The Hall–Kier alpha value is -2.08. The molecule has 0 radical (unpaired) electrons. The first-order chi connectivity index (χ1) is 9.64. The average molecular weight is 298 g/mol. The van der Waals surface area contributed by atoms with E-state index in [1.165, 1.54) is 18.2 Å². The zero-order valence-electron chi connectivity index (χ0n) is 11.1. The van der Waals surface area contributed by atoms with Gasteiger partial charge in [0.25, 0.3) is 0 Å². The van der Waals surface area contributed by atoms with E-state index in [1.807, 2.05) is 0 Å². The van der Waals surface area contributed by atoms with Gasteiger partial charge in [0.15, 0.2) is 5.60 Å². The van der Waals surface area contributed by atoms with Crippen LogP contribution in [0.25, 0.3) is 10.8 Å². The van der Waals surface area contributed by atoms with Crippen LogP contribution in [0.3, 0.4) is 0 Å². The van der Waals surface area contributed by atoms with E-state index in [4.69, 9.17) is 5.11 Å². The van der Waals surface area contributed by atoms with Gasteiger partial charge < -0.3 is 10.2 Å². The SMILES string of the molecule is CC(O)(C(C(=O)O)c1ccc2ccccc2c1)C(F)(F)F. The van der Waals surface area contributed by atoms with Gasteiger partial charge in [0.2, 0.25) is 0 Å². The number of halogens is 3. The second kappa shape index (κ2) is 5.04. The summed E-state index contributed by atoms with van der Waals surface area (Å²) in [7, 11) is 0. The summed E-state index contributed by atoms with van der Waals surface area (Å²) in [4.78, 5) is 11.3. The zero-order valence-corrected chi connectivity index (χ0v) is 11.1. The number of hydrogen-bond acceptors (Lipinski definition) is 2. The molecule has 0 aliphatic carbocycles. The van der Waals surface area contributed by atoms with Crippen LogP contribution in [0.1, 0.15) is 18.4 Å². The summed E-state index contributed by atoms with van der Waals surface area (Å²) in [5, 5.41) is 20.2. The smallest absolute Gasteiger partial charge is 0.418 e. The Kier molecular flexibility index (Phi) is 3.67. The lowest BCUT2D eigenvalue weighted by atomic mass is 9.82. The predicted octanol–water partition coefficient (Wildman–Crippen LogP) is 3.32. The molecule has 0 aromatic heterocycles.